The zero-order chi connectivity index (χ0) is 15.6. The molecular formula is C17H17BrINO. The highest BCUT2D eigenvalue weighted by Gasteiger charge is 2.14. The Morgan fingerprint density at radius 3 is 2.29 bits per heavy atom. The van der Waals surface area contributed by atoms with Crippen molar-refractivity contribution >= 4 is 50.1 Å². The Hall–Kier alpha value is -0.880. The lowest BCUT2D eigenvalue weighted by Gasteiger charge is -2.19. The van der Waals surface area contributed by atoms with Crippen molar-refractivity contribution in [3.05, 3.63) is 61.6 Å². The van der Waals surface area contributed by atoms with Crippen LogP contribution < -0.4 is 5.32 Å². The molecular weight excluding hydrogens is 441 g/mol. The van der Waals surface area contributed by atoms with Gasteiger partial charge in [0.15, 0.2) is 0 Å². The van der Waals surface area contributed by atoms with Gasteiger partial charge in [0.2, 0.25) is 0 Å². The van der Waals surface area contributed by atoms with Crippen LogP contribution in [0.15, 0.2) is 46.9 Å². The van der Waals surface area contributed by atoms with Crippen molar-refractivity contribution in [2.45, 2.75) is 26.2 Å². The first-order valence-corrected chi connectivity index (χ1v) is 8.51. The Labute approximate surface area is 147 Å². The summed E-state index contributed by atoms with van der Waals surface area (Å²) in [6, 6.07) is 13.7. The SMILES string of the molecule is CC(C)(C)c1ccc(NC(=O)c2cc(I)ccc2Br)cc1. The highest BCUT2D eigenvalue weighted by Crippen LogP contribution is 2.24. The average molecular weight is 458 g/mol. The highest BCUT2D eigenvalue weighted by atomic mass is 127. The molecule has 0 aliphatic rings. The van der Waals surface area contributed by atoms with Crippen LogP contribution in [0, 0.1) is 3.57 Å². The van der Waals surface area contributed by atoms with Crippen LogP contribution in [0.2, 0.25) is 0 Å². The second-order valence-electron chi connectivity index (χ2n) is 5.91. The fourth-order valence-corrected chi connectivity index (χ4v) is 2.84. The van der Waals surface area contributed by atoms with Crippen LogP contribution in [0.3, 0.4) is 0 Å². The van der Waals surface area contributed by atoms with E-state index >= 15 is 0 Å². The van der Waals surface area contributed by atoms with Crippen LogP contribution in [-0.2, 0) is 5.41 Å². The summed E-state index contributed by atoms with van der Waals surface area (Å²) in [5, 5.41) is 2.93. The van der Waals surface area contributed by atoms with Gasteiger partial charge in [0, 0.05) is 13.7 Å². The second kappa shape index (κ2) is 6.48. The molecule has 0 aromatic heterocycles. The molecule has 1 N–H and O–H groups in total. The Balaban J connectivity index is 2.18. The molecule has 0 fully saturated rings. The van der Waals surface area contributed by atoms with Gasteiger partial charge in [0.25, 0.3) is 5.91 Å². The molecule has 2 aromatic rings. The Morgan fingerprint density at radius 1 is 1.10 bits per heavy atom. The fourth-order valence-electron chi connectivity index (χ4n) is 1.92. The fraction of sp³-hybridized carbons (Fsp3) is 0.235. The van der Waals surface area contributed by atoms with Crippen molar-refractivity contribution in [1.82, 2.24) is 0 Å². The zero-order valence-corrected chi connectivity index (χ0v) is 15.9. The van der Waals surface area contributed by atoms with Gasteiger partial charge in [-0.3, -0.25) is 4.79 Å². The summed E-state index contributed by atoms with van der Waals surface area (Å²) in [7, 11) is 0. The van der Waals surface area contributed by atoms with E-state index in [0.717, 1.165) is 13.7 Å². The van der Waals surface area contributed by atoms with E-state index in [4.69, 9.17) is 0 Å². The summed E-state index contributed by atoms with van der Waals surface area (Å²) >= 11 is 5.62. The van der Waals surface area contributed by atoms with Crippen molar-refractivity contribution < 1.29 is 4.79 Å². The highest BCUT2D eigenvalue weighted by molar-refractivity contribution is 14.1. The number of amides is 1. The van der Waals surface area contributed by atoms with Crippen LogP contribution in [0.25, 0.3) is 0 Å². The quantitative estimate of drug-likeness (QED) is 0.584. The van der Waals surface area contributed by atoms with Crippen LogP contribution in [0.4, 0.5) is 5.69 Å². The molecule has 0 aliphatic carbocycles. The topological polar surface area (TPSA) is 29.1 Å². The lowest BCUT2D eigenvalue weighted by Crippen LogP contribution is -2.14. The number of halogens is 2. The molecule has 0 saturated carbocycles. The van der Waals surface area contributed by atoms with Crippen molar-refractivity contribution in [2.24, 2.45) is 0 Å². The number of anilines is 1. The first-order valence-electron chi connectivity index (χ1n) is 6.64. The minimum atomic E-state index is -0.108. The van der Waals surface area contributed by atoms with Gasteiger partial charge in [-0.1, -0.05) is 32.9 Å². The van der Waals surface area contributed by atoms with Gasteiger partial charge in [-0.2, -0.15) is 0 Å². The van der Waals surface area contributed by atoms with Crippen LogP contribution in [-0.4, -0.2) is 5.91 Å². The molecule has 110 valence electrons. The van der Waals surface area contributed by atoms with Gasteiger partial charge in [0.1, 0.15) is 0 Å². The van der Waals surface area contributed by atoms with Crippen molar-refractivity contribution in [3.8, 4) is 0 Å². The molecule has 0 unspecified atom stereocenters. The third-order valence-corrected chi connectivity index (χ3v) is 4.54. The smallest absolute Gasteiger partial charge is 0.256 e. The molecule has 2 rings (SSSR count). The summed E-state index contributed by atoms with van der Waals surface area (Å²) in [6.45, 7) is 6.51. The number of rotatable bonds is 2. The van der Waals surface area contributed by atoms with Crippen LogP contribution >= 0.6 is 38.5 Å². The molecule has 21 heavy (non-hydrogen) atoms. The maximum absolute atomic E-state index is 12.3. The number of carbonyl (C=O) groups is 1. The van der Waals surface area contributed by atoms with Gasteiger partial charge >= 0.3 is 0 Å². The third-order valence-electron chi connectivity index (χ3n) is 3.18. The molecule has 0 spiro atoms. The standard InChI is InChI=1S/C17H17BrINO/c1-17(2,3)11-4-7-13(8-5-11)20-16(21)14-10-12(19)6-9-15(14)18/h4-10H,1-3H3,(H,20,21). The van der Waals surface area contributed by atoms with Crippen molar-refractivity contribution in [3.63, 3.8) is 0 Å². The zero-order valence-electron chi connectivity index (χ0n) is 12.2. The van der Waals surface area contributed by atoms with Gasteiger partial charge in [-0.25, -0.2) is 0 Å². The maximum atomic E-state index is 12.3. The average Bonchev–Trinajstić information content (AvgIpc) is 2.41. The van der Waals surface area contributed by atoms with E-state index < -0.39 is 0 Å². The van der Waals surface area contributed by atoms with E-state index in [9.17, 15) is 4.79 Å². The molecule has 0 bridgehead atoms. The Morgan fingerprint density at radius 2 is 1.71 bits per heavy atom. The predicted octanol–water partition coefficient (Wildman–Crippen LogP) is 5.60. The molecule has 2 nitrogen and oxygen atoms in total. The van der Waals surface area contributed by atoms with Crippen LogP contribution in [0.1, 0.15) is 36.7 Å². The second-order valence-corrected chi connectivity index (χ2v) is 8.01. The first kappa shape index (κ1) is 16.5. The van der Waals surface area contributed by atoms with Crippen LogP contribution in [0.5, 0.6) is 0 Å². The molecule has 0 aliphatic heterocycles. The summed E-state index contributed by atoms with van der Waals surface area (Å²) in [5.41, 5.74) is 2.80. The van der Waals surface area contributed by atoms with E-state index in [1.54, 1.807) is 0 Å². The summed E-state index contributed by atoms with van der Waals surface area (Å²) in [4.78, 5) is 12.3. The molecule has 0 heterocycles. The third kappa shape index (κ3) is 4.30. The number of carbonyl (C=O) groups excluding carboxylic acids is 1. The molecule has 0 saturated heterocycles. The predicted molar refractivity (Wildman–Crippen MR) is 100.0 cm³/mol. The van der Waals surface area contributed by atoms with E-state index in [-0.39, 0.29) is 11.3 Å². The summed E-state index contributed by atoms with van der Waals surface area (Å²) in [5.74, 6) is -0.108. The molecule has 2 aromatic carbocycles. The summed E-state index contributed by atoms with van der Waals surface area (Å²) in [6.07, 6.45) is 0. The first-order chi connectivity index (χ1) is 9.77. The lowest BCUT2D eigenvalue weighted by molar-refractivity contribution is 0.102. The van der Waals surface area contributed by atoms with Crippen molar-refractivity contribution in [1.29, 1.82) is 0 Å². The van der Waals surface area contributed by atoms with E-state index in [1.807, 2.05) is 30.3 Å². The van der Waals surface area contributed by atoms with Crippen molar-refractivity contribution in [2.75, 3.05) is 5.32 Å². The van der Waals surface area contributed by atoms with E-state index in [0.29, 0.717) is 5.56 Å². The Kier molecular flexibility index (Phi) is 5.09. The number of hydrogen-bond acceptors (Lipinski definition) is 1. The molecule has 4 heteroatoms. The van der Waals surface area contributed by atoms with Gasteiger partial charge in [-0.15, -0.1) is 0 Å². The number of benzene rings is 2. The molecule has 0 radical (unpaired) electrons. The summed E-state index contributed by atoms with van der Waals surface area (Å²) < 4.78 is 1.83. The largest absolute Gasteiger partial charge is 0.322 e. The molecule has 0 atom stereocenters. The maximum Gasteiger partial charge on any atom is 0.256 e. The van der Waals surface area contributed by atoms with Gasteiger partial charge in [-0.05, 0) is 79.8 Å². The minimum absolute atomic E-state index is 0.108. The number of hydrogen-bond donors (Lipinski definition) is 1. The van der Waals surface area contributed by atoms with E-state index in [1.165, 1.54) is 5.56 Å². The monoisotopic (exact) mass is 457 g/mol. The van der Waals surface area contributed by atoms with E-state index in [2.05, 4.69) is 76.7 Å². The minimum Gasteiger partial charge on any atom is -0.322 e. The lowest BCUT2D eigenvalue weighted by atomic mass is 9.87. The number of nitrogens with one attached hydrogen (secondary N) is 1. The molecule has 1 amide bonds. The Bertz CT molecular complexity index is 659. The van der Waals surface area contributed by atoms with Gasteiger partial charge < -0.3 is 5.32 Å². The van der Waals surface area contributed by atoms with Gasteiger partial charge in [0.05, 0.1) is 5.56 Å². The normalized spacial score (nSPS) is 11.3.